The van der Waals surface area contributed by atoms with E-state index in [0.717, 1.165) is 16.9 Å². The van der Waals surface area contributed by atoms with Gasteiger partial charge in [-0.3, -0.25) is 14.3 Å². The number of fused-ring (bicyclic) bond motifs is 1. The molecule has 0 aliphatic rings. The largest absolute Gasteiger partial charge is 0.480 e. The number of carboxylic acids is 1. The zero-order valence-electron chi connectivity index (χ0n) is 24.3. The van der Waals surface area contributed by atoms with Crippen LogP contribution in [0.5, 0.6) is 0 Å². The van der Waals surface area contributed by atoms with Crippen molar-refractivity contribution in [3.8, 4) is 11.1 Å². The van der Waals surface area contributed by atoms with Crippen LogP contribution in [0.2, 0.25) is 0 Å². The molecule has 45 heavy (non-hydrogen) atoms. The maximum absolute atomic E-state index is 13.2. The van der Waals surface area contributed by atoms with Crippen LogP contribution in [-0.4, -0.2) is 39.9 Å². The molecule has 0 saturated carbocycles. The number of carbonyl (C=O) groups is 2. The lowest BCUT2D eigenvalue weighted by molar-refractivity contribution is -0.140. The number of aryl methyl sites for hydroxylation is 1. The number of amides is 1. The highest BCUT2D eigenvalue weighted by Gasteiger charge is 2.28. The summed E-state index contributed by atoms with van der Waals surface area (Å²) in [5, 5.41) is 14.3. The number of rotatable bonds is 11. The van der Waals surface area contributed by atoms with Crippen LogP contribution in [-0.2, 0) is 24.8 Å². The van der Waals surface area contributed by atoms with Crippen LogP contribution in [0.15, 0.2) is 97.8 Å². The first kappa shape index (κ1) is 31.9. The number of sulfonamides is 2. The summed E-state index contributed by atoms with van der Waals surface area (Å²) in [6, 6.07) is 19.6. The number of aliphatic carboxylic acids is 1. The number of benzene rings is 3. The normalized spacial score (nSPS) is 12.7. The quantitative estimate of drug-likeness (QED) is 0.135. The topological polar surface area (TPSA) is 172 Å². The molecule has 4 N–H and O–H groups in total. The van der Waals surface area contributed by atoms with Crippen LogP contribution in [0.25, 0.3) is 22.1 Å². The van der Waals surface area contributed by atoms with Crippen LogP contribution in [0, 0.1) is 12.8 Å². The summed E-state index contributed by atoms with van der Waals surface area (Å²) in [4.78, 5) is 24.6. The average molecular weight is 668 g/mol. The molecule has 1 amide bonds. The molecule has 14 heteroatoms. The van der Waals surface area contributed by atoms with Gasteiger partial charge in [0.25, 0.3) is 15.9 Å². The molecule has 234 valence electrons. The molecule has 0 aliphatic carbocycles. The Labute approximate surface area is 264 Å². The van der Waals surface area contributed by atoms with Crippen molar-refractivity contribution in [1.82, 2.24) is 4.72 Å². The van der Waals surface area contributed by atoms with Crippen molar-refractivity contribution >= 4 is 65.6 Å². The highest BCUT2D eigenvalue weighted by molar-refractivity contribution is 7.94. The lowest BCUT2D eigenvalue weighted by Crippen LogP contribution is -2.44. The molecule has 0 unspecified atom stereocenters. The maximum Gasteiger partial charge on any atom is 0.322 e. The van der Waals surface area contributed by atoms with Crippen molar-refractivity contribution in [2.75, 3.05) is 10.0 Å². The summed E-state index contributed by atoms with van der Waals surface area (Å²) >= 11 is 1.09. The number of hydrogen-bond donors (Lipinski definition) is 4. The van der Waals surface area contributed by atoms with Gasteiger partial charge in [0.05, 0.1) is 10.6 Å². The van der Waals surface area contributed by atoms with Crippen molar-refractivity contribution in [2.24, 2.45) is 5.92 Å². The van der Waals surface area contributed by atoms with E-state index in [4.69, 9.17) is 4.42 Å². The summed E-state index contributed by atoms with van der Waals surface area (Å²) in [5.74, 6) is -2.19. The monoisotopic (exact) mass is 667 g/mol. The second-order valence-electron chi connectivity index (χ2n) is 10.5. The van der Waals surface area contributed by atoms with Crippen molar-refractivity contribution in [1.29, 1.82) is 0 Å². The third kappa shape index (κ3) is 6.78. The summed E-state index contributed by atoms with van der Waals surface area (Å²) in [6.45, 7) is 4.91. The van der Waals surface area contributed by atoms with E-state index >= 15 is 0 Å². The standard InChI is InChI=1S/C31H29N3O8S3/c1-18(2)28(31(36)37)34-44(38,39)23-15-11-21(12-16-23)20-9-13-22(14-10-20)32-30(35)29-19(3)27-24(6-4-7-25(27)42-29)33-45(40,41)26-8-5-17-43-26/h4-18,28,33-34H,1-3H3,(H,32,35)(H,36,37)/t28-/m0/s1. The van der Waals surface area contributed by atoms with E-state index < -0.39 is 43.9 Å². The molecule has 11 nitrogen and oxygen atoms in total. The minimum absolute atomic E-state index is 0.0323. The van der Waals surface area contributed by atoms with Gasteiger partial charge < -0.3 is 14.8 Å². The molecule has 0 bridgehead atoms. The molecule has 1 atom stereocenters. The van der Waals surface area contributed by atoms with E-state index in [1.807, 2.05) is 0 Å². The highest BCUT2D eigenvalue weighted by atomic mass is 32.2. The Morgan fingerprint density at radius 1 is 0.844 bits per heavy atom. The first-order valence-electron chi connectivity index (χ1n) is 13.6. The number of furan rings is 1. The third-order valence-electron chi connectivity index (χ3n) is 7.02. The van der Waals surface area contributed by atoms with E-state index in [2.05, 4.69) is 14.8 Å². The average Bonchev–Trinajstić information content (AvgIpc) is 3.66. The van der Waals surface area contributed by atoms with Gasteiger partial charge >= 0.3 is 5.97 Å². The van der Waals surface area contributed by atoms with Gasteiger partial charge in [0.1, 0.15) is 15.8 Å². The molecule has 2 heterocycles. The number of anilines is 2. The minimum atomic E-state index is -4.05. The molecule has 0 aliphatic heterocycles. The fraction of sp³-hybridized carbons (Fsp3) is 0.161. The molecule has 0 saturated heterocycles. The Morgan fingerprint density at radius 2 is 1.49 bits per heavy atom. The molecule has 0 radical (unpaired) electrons. The van der Waals surface area contributed by atoms with Crippen molar-refractivity contribution in [3.63, 3.8) is 0 Å². The number of thiophene rings is 1. The van der Waals surface area contributed by atoms with Crippen molar-refractivity contribution in [3.05, 3.63) is 95.6 Å². The zero-order chi connectivity index (χ0) is 32.5. The predicted octanol–water partition coefficient (Wildman–Crippen LogP) is 5.91. The molecule has 0 fully saturated rings. The molecular formula is C31H29N3O8S3. The predicted molar refractivity (Wildman–Crippen MR) is 172 cm³/mol. The van der Waals surface area contributed by atoms with E-state index in [9.17, 15) is 31.5 Å². The molecule has 0 spiro atoms. The van der Waals surface area contributed by atoms with Crippen LogP contribution in [0.3, 0.4) is 0 Å². The van der Waals surface area contributed by atoms with Crippen LogP contribution < -0.4 is 14.8 Å². The fourth-order valence-electron chi connectivity index (χ4n) is 4.68. The number of carbonyl (C=O) groups excluding carboxylic acids is 1. The first-order chi connectivity index (χ1) is 21.3. The van der Waals surface area contributed by atoms with Gasteiger partial charge in [-0.05, 0) is 71.8 Å². The highest BCUT2D eigenvalue weighted by Crippen LogP contribution is 2.34. The first-order valence-corrected chi connectivity index (χ1v) is 17.5. The second kappa shape index (κ2) is 12.5. The Kier molecular flexibility index (Phi) is 8.85. The minimum Gasteiger partial charge on any atom is -0.480 e. The molecule has 3 aromatic carbocycles. The number of hydrogen-bond acceptors (Lipinski definition) is 8. The van der Waals surface area contributed by atoms with Gasteiger partial charge in [0.2, 0.25) is 10.0 Å². The Bertz CT molecular complexity index is 2090. The van der Waals surface area contributed by atoms with Gasteiger partial charge in [0.15, 0.2) is 5.76 Å². The SMILES string of the molecule is Cc1c(C(=O)Nc2ccc(-c3ccc(S(=O)(=O)N[C@H](C(=O)O)C(C)C)cc3)cc2)oc2cccc(NS(=O)(=O)c3cccs3)c12. The number of nitrogens with one attached hydrogen (secondary N) is 3. The zero-order valence-corrected chi connectivity index (χ0v) is 26.7. The Hall–Kier alpha value is -4.50. The van der Waals surface area contributed by atoms with Crippen molar-refractivity contribution in [2.45, 2.75) is 35.9 Å². The molecule has 5 aromatic rings. The number of carboxylic acid groups (broad SMARTS) is 1. The van der Waals surface area contributed by atoms with Gasteiger partial charge in [-0.15, -0.1) is 11.3 Å². The van der Waals surface area contributed by atoms with E-state index in [-0.39, 0.29) is 14.9 Å². The van der Waals surface area contributed by atoms with E-state index in [0.29, 0.717) is 33.5 Å². The van der Waals surface area contributed by atoms with Crippen LogP contribution in [0.1, 0.15) is 30.0 Å². The Morgan fingerprint density at radius 3 is 2.07 bits per heavy atom. The van der Waals surface area contributed by atoms with Gasteiger partial charge in [-0.1, -0.05) is 50.2 Å². The van der Waals surface area contributed by atoms with Crippen LogP contribution in [0.4, 0.5) is 11.4 Å². The molecule has 5 rings (SSSR count). The van der Waals surface area contributed by atoms with Gasteiger partial charge in [0, 0.05) is 16.6 Å². The van der Waals surface area contributed by atoms with Gasteiger partial charge in [-0.2, -0.15) is 4.72 Å². The molecule has 2 aromatic heterocycles. The third-order valence-corrected chi connectivity index (χ3v) is 11.2. The Balaban J connectivity index is 1.31. The second-order valence-corrected chi connectivity index (χ2v) is 15.1. The van der Waals surface area contributed by atoms with E-state index in [1.165, 1.54) is 18.2 Å². The summed E-state index contributed by atoms with van der Waals surface area (Å²) < 4.78 is 61.9. The summed E-state index contributed by atoms with van der Waals surface area (Å²) in [6.07, 6.45) is 0. The lowest BCUT2D eigenvalue weighted by Gasteiger charge is -2.18. The summed E-state index contributed by atoms with van der Waals surface area (Å²) in [5.41, 5.74) is 3.04. The van der Waals surface area contributed by atoms with Crippen LogP contribution >= 0.6 is 11.3 Å². The maximum atomic E-state index is 13.2. The smallest absolute Gasteiger partial charge is 0.322 e. The van der Waals surface area contributed by atoms with Crippen molar-refractivity contribution < 1.29 is 35.9 Å². The molecular weight excluding hydrogens is 639 g/mol. The summed E-state index contributed by atoms with van der Waals surface area (Å²) in [7, 11) is -7.87. The fourth-order valence-corrected chi connectivity index (χ4v) is 8.09. The van der Waals surface area contributed by atoms with E-state index in [1.54, 1.807) is 86.8 Å². The van der Waals surface area contributed by atoms with Gasteiger partial charge in [-0.25, -0.2) is 16.8 Å². The lowest BCUT2D eigenvalue weighted by atomic mass is 10.1.